The minimum Gasteiger partial charge on any atom is -0.388 e. The number of urea groups is 1. The van der Waals surface area contributed by atoms with E-state index in [0.717, 1.165) is 65.6 Å². The predicted octanol–water partition coefficient (Wildman–Crippen LogP) is 5.03. The summed E-state index contributed by atoms with van der Waals surface area (Å²) >= 11 is 0. The zero-order chi connectivity index (χ0) is 25.1. The Hall–Kier alpha value is -3.97. The number of aryl methyl sites for hydroxylation is 1. The molecule has 0 radical (unpaired) electrons. The monoisotopic (exact) mass is 482 g/mol. The molecule has 0 saturated carbocycles. The van der Waals surface area contributed by atoms with Gasteiger partial charge < -0.3 is 10.0 Å². The fourth-order valence-electron chi connectivity index (χ4n) is 4.79. The van der Waals surface area contributed by atoms with Gasteiger partial charge in [0, 0.05) is 36.8 Å². The lowest BCUT2D eigenvalue weighted by atomic mass is 10.0. The van der Waals surface area contributed by atoms with Gasteiger partial charge in [-0.1, -0.05) is 42.5 Å². The average molecular weight is 483 g/mol. The molecule has 0 atom stereocenters. The van der Waals surface area contributed by atoms with Crippen molar-refractivity contribution in [2.45, 2.75) is 25.8 Å². The number of ketones is 1. The van der Waals surface area contributed by atoms with Gasteiger partial charge in [0.25, 0.3) is 0 Å². The van der Waals surface area contributed by atoms with Crippen LogP contribution in [0.25, 0.3) is 22.0 Å². The van der Waals surface area contributed by atoms with Crippen molar-refractivity contribution in [1.29, 1.82) is 0 Å². The Balaban J connectivity index is 1.48. The summed E-state index contributed by atoms with van der Waals surface area (Å²) in [7, 11) is 1.93. The van der Waals surface area contributed by atoms with E-state index >= 15 is 0 Å². The molecule has 184 valence electrons. The Morgan fingerprint density at radius 3 is 2.44 bits per heavy atom. The number of benzene rings is 3. The van der Waals surface area contributed by atoms with Crippen molar-refractivity contribution in [2.75, 3.05) is 24.6 Å². The number of anilines is 1. The summed E-state index contributed by atoms with van der Waals surface area (Å²) in [4.78, 5) is 29.3. The molecule has 7 nitrogen and oxygen atoms in total. The van der Waals surface area contributed by atoms with Crippen LogP contribution in [0, 0.1) is 0 Å². The molecule has 7 heteroatoms. The largest absolute Gasteiger partial charge is 0.388 e. The molecular weight excluding hydrogens is 452 g/mol. The fraction of sp³-hybridized carbons (Fsp3) is 0.276. The molecule has 0 bridgehead atoms. The van der Waals surface area contributed by atoms with Crippen LogP contribution >= 0.6 is 0 Å². The summed E-state index contributed by atoms with van der Waals surface area (Å²) in [5.41, 5.74) is 5.36. The smallest absolute Gasteiger partial charge is 0.324 e. The van der Waals surface area contributed by atoms with Gasteiger partial charge in [0.15, 0.2) is 5.78 Å². The molecule has 2 heterocycles. The molecule has 1 N–H and O–H groups in total. The Kier molecular flexibility index (Phi) is 6.82. The third-order valence-corrected chi connectivity index (χ3v) is 6.86. The first-order chi connectivity index (χ1) is 17.5. The molecule has 36 heavy (non-hydrogen) atoms. The number of aromatic nitrogens is 2. The van der Waals surface area contributed by atoms with Crippen LogP contribution in [0.4, 0.5) is 10.5 Å². The molecule has 1 aromatic heterocycles. The Morgan fingerprint density at radius 2 is 1.69 bits per heavy atom. The quantitative estimate of drug-likeness (QED) is 0.391. The highest BCUT2D eigenvalue weighted by Gasteiger charge is 2.24. The second kappa shape index (κ2) is 10.3. The standard InChI is InChI=1S/C29H30N4O3/c1-31-27-13-12-24(16-25(27)18-30-31)23-6-5-7-26(17-23)33(29(36)32-14-3-2-4-15-32)19-21-8-10-22(11-9-21)28(35)20-34/h5-13,16-18,34H,2-4,14-15,19-20H2,1H3. The van der Waals surface area contributed by atoms with Crippen molar-refractivity contribution in [1.82, 2.24) is 14.7 Å². The second-order valence-corrected chi connectivity index (χ2v) is 9.29. The van der Waals surface area contributed by atoms with Crippen molar-refractivity contribution in [3.05, 3.63) is 84.1 Å². The lowest BCUT2D eigenvalue weighted by molar-refractivity contribution is 0.0903. The molecule has 2 amide bonds. The normalized spacial score (nSPS) is 13.7. The molecule has 0 unspecified atom stereocenters. The van der Waals surface area contributed by atoms with Gasteiger partial charge in [0.05, 0.1) is 18.3 Å². The number of fused-ring (bicyclic) bond motifs is 1. The number of hydrogen-bond acceptors (Lipinski definition) is 4. The third kappa shape index (κ3) is 4.88. The highest BCUT2D eigenvalue weighted by molar-refractivity contribution is 5.97. The van der Waals surface area contributed by atoms with Crippen molar-refractivity contribution in [3.63, 3.8) is 0 Å². The molecule has 1 aliphatic rings. The Morgan fingerprint density at radius 1 is 0.944 bits per heavy atom. The summed E-state index contributed by atoms with van der Waals surface area (Å²) < 4.78 is 1.86. The SMILES string of the molecule is Cn1ncc2cc(-c3cccc(N(Cc4ccc(C(=O)CO)cc4)C(=O)N4CCCCC4)c3)ccc21. The first-order valence-corrected chi connectivity index (χ1v) is 12.3. The van der Waals surface area contributed by atoms with E-state index in [1.807, 2.05) is 52.0 Å². The van der Waals surface area contributed by atoms with E-state index in [0.29, 0.717) is 12.1 Å². The van der Waals surface area contributed by atoms with Crippen LogP contribution in [0.1, 0.15) is 35.2 Å². The first-order valence-electron chi connectivity index (χ1n) is 12.3. The van der Waals surface area contributed by atoms with E-state index in [1.165, 1.54) is 0 Å². The van der Waals surface area contributed by atoms with Gasteiger partial charge in [-0.05, 0) is 60.2 Å². The van der Waals surface area contributed by atoms with E-state index in [2.05, 4.69) is 35.4 Å². The van der Waals surface area contributed by atoms with Gasteiger partial charge in [-0.2, -0.15) is 5.10 Å². The highest BCUT2D eigenvalue weighted by Crippen LogP contribution is 2.29. The average Bonchev–Trinajstić information content (AvgIpc) is 3.31. The van der Waals surface area contributed by atoms with E-state index in [4.69, 9.17) is 5.11 Å². The van der Waals surface area contributed by atoms with Gasteiger partial charge in [-0.25, -0.2) is 4.79 Å². The molecule has 4 aromatic rings. The molecule has 1 fully saturated rings. The number of piperidine rings is 1. The van der Waals surface area contributed by atoms with Crippen molar-refractivity contribution in [2.24, 2.45) is 7.05 Å². The summed E-state index contributed by atoms with van der Waals surface area (Å²) in [5.74, 6) is -0.318. The summed E-state index contributed by atoms with van der Waals surface area (Å²) in [6, 6.07) is 21.4. The summed E-state index contributed by atoms with van der Waals surface area (Å²) in [6.45, 7) is 1.39. The van der Waals surface area contributed by atoms with E-state index in [-0.39, 0.29) is 11.8 Å². The van der Waals surface area contributed by atoms with Crippen LogP contribution in [-0.2, 0) is 13.6 Å². The van der Waals surface area contributed by atoms with Crippen LogP contribution < -0.4 is 4.90 Å². The maximum Gasteiger partial charge on any atom is 0.324 e. The zero-order valence-corrected chi connectivity index (χ0v) is 20.4. The van der Waals surface area contributed by atoms with Gasteiger partial charge in [-0.15, -0.1) is 0 Å². The predicted molar refractivity (Wildman–Crippen MR) is 141 cm³/mol. The zero-order valence-electron chi connectivity index (χ0n) is 20.4. The van der Waals surface area contributed by atoms with Crippen molar-refractivity contribution in [3.8, 4) is 11.1 Å². The number of carbonyl (C=O) groups excluding carboxylic acids is 2. The maximum absolute atomic E-state index is 13.7. The minimum absolute atomic E-state index is 0.00919. The fourth-order valence-corrected chi connectivity index (χ4v) is 4.79. The number of amides is 2. The van der Waals surface area contributed by atoms with Crippen molar-refractivity contribution < 1.29 is 14.7 Å². The Bertz CT molecular complexity index is 1390. The number of aliphatic hydroxyl groups excluding tert-OH is 1. The lowest BCUT2D eigenvalue weighted by Gasteiger charge is -2.33. The number of Topliss-reactive ketones (excluding diaryl/α,β-unsaturated/α-hetero) is 1. The van der Waals surface area contributed by atoms with Gasteiger partial charge in [0.2, 0.25) is 0 Å². The molecular formula is C29H30N4O3. The van der Waals surface area contributed by atoms with Gasteiger partial charge >= 0.3 is 6.03 Å². The summed E-state index contributed by atoms with van der Waals surface area (Å²) in [6.07, 6.45) is 5.04. The highest BCUT2D eigenvalue weighted by atomic mass is 16.3. The van der Waals surface area contributed by atoms with E-state index in [9.17, 15) is 9.59 Å². The van der Waals surface area contributed by atoms with Crippen molar-refractivity contribution >= 4 is 28.4 Å². The van der Waals surface area contributed by atoms with Gasteiger partial charge in [0.1, 0.15) is 6.61 Å². The molecule has 0 spiro atoms. The third-order valence-electron chi connectivity index (χ3n) is 6.86. The number of likely N-dealkylation sites (tertiary alicyclic amines) is 1. The number of hydrogen-bond donors (Lipinski definition) is 1. The van der Waals surface area contributed by atoms with Crippen LogP contribution in [-0.4, -0.2) is 51.3 Å². The van der Waals surface area contributed by atoms with Crippen LogP contribution in [0.15, 0.2) is 72.9 Å². The van der Waals surface area contributed by atoms with Gasteiger partial charge in [-0.3, -0.25) is 14.4 Å². The van der Waals surface area contributed by atoms with E-state index in [1.54, 1.807) is 12.1 Å². The van der Waals surface area contributed by atoms with Crippen LogP contribution in [0.3, 0.4) is 0 Å². The topological polar surface area (TPSA) is 78.7 Å². The molecule has 0 aliphatic carbocycles. The second-order valence-electron chi connectivity index (χ2n) is 9.29. The Labute approximate surface area is 210 Å². The molecule has 1 aliphatic heterocycles. The number of aliphatic hydroxyl groups is 1. The minimum atomic E-state index is -0.517. The maximum atomic E-state index is 13.7. The van der Waals surface area contributed by atoms with Crippen LogP contribution in [0.2, 0.25) is 0 Å². The summed E-state index contributed by atoms with van der Waals surface area (Å²) in [5, 5.41) is 14.5. The lowest BCUT2D eigenvalue weighted by Crippen LogP contribution is -2.45. The number of rotatable bonds is 6. The van der Waals surface area contributed by atoms with E-state index < -0.39 is 6.61 Å². The number of carbonyl (C=O) groups is 2. The number of nitrogens with zero attached hydrogens (tertiary/aromatic N) is 4. The molecule has 3 aromatic carbocycles. The molecule has 5 rings (SSSR count). The molecule has 1 saturated heterocycles. The first kappa shape index (κ1) is 23.8. The van der Waals surface area contributed by atoms with Crippen LogP contribution in [0.5, 0.6) is 0 Å².